The lowest BCUT2D eigenvalue weighted by molar-refractivity contribution is -0.138. The fourth-order valence-electron chi connectivity index (χ4n) is 1.19. The second-order valence-electron chi connectivity index (χ2n) is 3.49. The zero-order valence-corrected chi connectivity index (χ0v) is 9.70. The van der Waals surface area contributed by atoms with Crippen molar-refractivity contribution >= 4 is 17.6 Å². The molecular formula is C11H14ClNO3. The van der Waals surface area contributed by atoms with E-state index in [1.54, 1.807) is 18.2 Å². The van der Waals surface area contributed by atoms with Crippen LogP contribution >= 0.6 is 11.6 Å². The molecule has 0 saturated carbocycles. The van der Waals surface area contributed by atoms with Gasteiger partial charge >= 0.3 is 5.97 Å². The smallest absolute Gasteiger partial charge is 0.320 e. The van der Waals surface area contributed by atoms with Crippen LogP contribution in [0.4, 0.5) is 0 Å². The Morgan fingerprint density at radius 2 is 2.31 bits per heavy atom. The molecule has 0 aliphatic carbocycles. The number of benzene rings is 1. The monoisotopic (exact) mass is 243 g/mol. The summed E-state index contributed by atoms with van der Waals surface area (Å²) in [6.07, 6.45) is 0.275. The molecule has 0 radical (unpaired) electrons. The minimum Gasteiger partial charge on any atom is -0.493 e. The average molecular weight is 244 g/mol. The van der Waals surface area contributed by atoms with E-state index in [0.29, 0.717) is 10.8 Å². The molecule has 0 bridgehead atoms. The minimum absolute atomic E-state index is 0.274. The van der Waals surface area contributed by atoms with Gasteiger partial charge in [-0.2, -0.15) is 0 Å². The number of carboxylic acid groups (broad SMARTS) is 1. The van der Waals surface area contributed by atoms with Crippen molar-refractivity contribution < 1.29 is 14.6 Å². The molecule has 1 aromatic rings. The van der Waals surface area contributed by atoms with Crippen LogP contribution in [0.5, 0.6) is 5.75 Å². The summed E-state index contributed by atoms with van der Waals surface area (Å²) in [5.41, 5.74) is 6.26. The van der Waals surface area contributed by atoms with Gasteiger partial charge in [-0.15, -0.1) is 0 Å². The molecule has 4 nitrogen and oxygen atoms in total. The average Bonchev–Trinajstić information content (AvgIpc) is 2.20. The topological polar surface area (TPSA) is 72.5 Å². The summed E-state index contributed by atoms with van der Waals surface area (Å²) in [6, 6.07) is 4.38. The highest BCUT2D eigenvalue weighted by Gasteiger charge is 2.11. The van der Waals surface area contributed by atoms with Crippen molar-refractivity contribution in [2.45, 2.75) is 19.4 Å². The van der Waals surface area contributed by atoms with E-state index in [4.69, 9.17) is 27.2 Å². The van der Waals surface area contributed by atoms with Gasteiger partial charge in [0.25, 0.3) is 0 Å². The number of aryl methyl sites for hydroxylation is 1. The number of hydrogen-bond acceptors (Lipinski definition) is 3. The van der Waals surface area contributed by atoms with Gasteiger partial charge in [-0.05, 0) is 30.7 Å². The number of hydrogen-bond donors (Lipinski definition) is 2. The van der Waals surface area contributed by atoms with Crippen LogP contribution in [-0.2, 0) is 4.79 Å². The van der Waals surface area contributed by atoms with Gasteiger partial charge in [-0.3, -0.25) is 4.79 Å². The lowest BCUT2D eigenvalue weighted by Gasteiger charge is -2.10. The third-order valence-electron chi connectivity index (χ3n) is 2.14. The molecule has 0 aliphatic rings. The van der Waals surface area contributed by atoms with Crippen molar-refractivity contribution in [2.24, 2.45) is 5.73 Å². The van der Waals surface area contributed by atoms with Crippen molar-refractivity contribution in [1.29, 1.82) is 0 Å². The van der Waals surface area contributed by atoms with Crippen molar-refractivity contribution in [3.8, 4) is 5.75 Å². The number of halogens is 1. The number of carbonyl (C=O) groups is 1. The van der Waals surface area contributed by atoms with Gasteiger partial charge in [0.2, 0.25) is 0 Å². The molecule has 0 spiro atoms. The van der Waals surface area contributed by atoms with Crippen LogP contribution in [0, 0.1) is 6.92 Å². The van der Waals surface area contributed by atoms with E-state index in [9.17, 15) is 4.79 Å². The predicted octanol–water partition coefficient (Wildman–Crippen LogP) is 1.83. The van der Waals surface area contributed by atoms with Gasteiger partial charge in [0.15, 0.2) is 0 Å². The Morgan fingerprint density at radius 3 is 2.88 bits per heavy atom. The molecular weight excluding hydrogens is 230 g/mol. The van der Waals surface area contributed by atoms with Crippen molar-refractivity contribution in [3.05, 3.63) is 28.8 Å². The molecule has 0 aliphatic heterocycles. The number of rotatable bonds is 5. The molecule has 0 fully saturated rings. The van der Waals surface area contributed by atoms with Gasteiger partial charge in [0.1, 0.15) is 11.8 Å². The summed E-state index contributed by atoms with van der Waals surface area (Å²) in [6.45, 7) is 2.15. The molecule has 0 saturated heterocycles. The molecule has 5 heteroatoms. The second-order valence-corrected chi connectivity index (χ2v) is 3.93. The summed E-state index contributed by atoms with van der Waals surface area (Å²) >= 11 is 5.79. The Hall–Kier alpha value is -1.26. The standard InChI is InChI=1S/C11H14ClNO3/c1-7-6-8(12)2-3-10(7)16-5-4-9(13)11(14)15/h2-3,6,9H,4-5,13H2,1H3,(H,14,15). The van der Waals surface area contributed by atoms with Gasteiger partial charge in [-0.25, -0.2) is 0 Å². The van der Waals surface area contributed by atoms with Crippen LogP contribution in [0.1, 0.15) is 12.0 Å². The lowest BCUT2D eigenvalue weighted by Crippen LogP contribution is -2.31. The Morgan fingerprint density at radius 1 is 1.62 bits per heavy atom. The Kier molecular flexibility index (Phi) is 4.58. The zero-order chi connectivity index (χ0) is 12.1. The summed E-state index contributed by atoms with van der Waals surface area (Å²) in [5, 5.41) is 9.22. The molecule has 1 aromatic carbocycles. The Labute approximate surface area is 99.0 Å². The first kappa shape index (κ1) is 12.8. The van der Waals surface area contributed by atoms with Crippen LogP contribution in [0.15, 0.2) is 18.2 Å². The summed E-state index contributed by atoms with van der Waals surface area (Å²) in [5.74, 6) is -0.321. The maximum Gasteiger partial charge on any atom is 0.320 e. The lowest BCUT2D eigenvalue weighted by atomic mass is 10.2. The van der Waals surface area contributed by atoms with Gasteiger partial charge < -0.3 is 15.6 Å². The largest absolute Gasteiger partial charge is 0.493 e. The molecule has 88 valence electrons. The van der Waals surface area contributed by atoms with Crippen LogP contribution in [0.3, 0.4) is 0 Å². The van der Waals surface area contributed by atoms with Crippen LogP contribution in [0.25, 0.3) is 0 Å². The first-order valence-corrected chi connectivity index (χ1v) is 5.26. The summed E-state index contributed by atoms with van der Waals surface area (Å²) in [4.78, 5) is 10.5. The highest BCUT2D eigenvalue weighted by Crippen LogP contribution is 2.21. The van der Waals surface area contributed by atoms with Crippen molar-refractivity contribution in [3.63, 3.8) is 0 Å². The third-order valence-corrected chi connectivity index (χ3v) is 2.38. The van der Waals surface area contributed by atoms with Crippen LogP contribution in [0.2, 0.25) is 5.02 Å². The fraction of sp³-hybridized carbons (Fsp3) is 0.364. The van der Waals surface area contributed by atoms with E-state index in [0.717, 1.165) is 5.56 Å². The first-order chi connectivity index (χ1) is 7.50. The number of ether oxygens (including phenoxy) is 1. The highest BCUT2D eigenvalue weighted by atomic mass is 35.5. The van der Waals surface area contributed by atoms with Gasteiger partial charge in [0, 0.05) is 11.4 Å². The molecule has 0 aromatic heterocycles. The van der Waals surface area contributed by atoms with Crippen molar-refractivity contribution in [1.82, 2.24) is 0 Å². The SMILES string of the molecule is Cc1cc(Cl)ccc1OCCC(N)C(=O)O. The van der Waals surface area contributed by atoms with E-state index in [1.165, 1.54) is 0 Å². The van der Waals surface area contributed by atoms with E-state index >= 15 is 0 Å². The highest BCUT2D eigenvalue weighted by molar-refractivity contribution is 6.30. The molecule has 16 heavy (non-hydrogen) atoms. The molecule has 0 heterocycles. The van der Waals surface area contributed by atoms with E-state index in [2.05, 4.69) is 0 Å². The maximum atomic E-state index is 10.5. The maximum absolute atomic E-state index is 10.5. The van der Waals surface area contributed by atoms with E-state index in [-0.39, 0.29) is 13.0 Å². The number of nitrogens with two attached hydrogens (primary N) is 1. The molecule has 1 unspecified atom stereocenters. The quantitative estimate of drug-likeness (QED) is 0.828. The van der Waals surface area contributed by atoms with Gasteiger partial charge in [0.05, 0.1) is 6.61 Å². The Bertz CT molecular complexity index is 381. The number of carboxylic acids is 1. The van der Waals surface area contributed by atoms with E-state index in [1.807, 2.05) is 6.92 Å². The predicted molar refractivity (Wildman–Crippen MR) is 61.9 cm³/mol. The molecule has 3 N–H and O–H groups in total. The fourth-order valence-corrected chi connectivity index (χ4v) is 1.42. The van der Waals surface area contributed by atoms with Crippen LogP contribution < -0.4 is 10.5 Å². The summed E-state index contributed by atoms with van der Waals surface area (Å²) < 4.78 is 5.41. The third kappa shape index (κ3) is 3.72. The molecule has 1 atom stereocenters. The normalized spacial score (nSPS) is 12.2. The first-order valence-electron chi connectivity index (χ1n) is 4.88. The minimum atomic E-state index is -1.02. The molecule has 0 amide bonds. The van der Waals surface area contributed by atoms with Gasteiger partial charge in [-0.1, -0.05) is 11.6 Å². The zero-order valence-electron chi connectivity index (χ0n) is 8.94. The van der Waals surface area contributed by atoms with E-state index < -0.39 is 12.0 Å². The second kappa shape index (κ2) is 5.72. The number of aliphatic carboxylic acids is 1. The van der Waals surface area contributed by atoms with Crippen LogP contribution in [-0.4, -0.2) is 23.7 Å². The Balaban J connectivity index is 2.46. The molecule has 1 rings (SSSR count). The van der Waals surface area contributed by atoms with Crippen molar-refractivity contribution in [2.75, 3.05) is 6.61 Å². The summed E-state index contributed by atoms with van der Waals surface area (Å²) in [7, 11) is 0.